The van der Waals surface area contributed by atoms with Crippen LogP contribution in [0.5, 0.6) is 0 Å². The first kappa shape index (κ1) is 10.6. The molecule has 3 rings (SSSR count). The molecule has 0 saturated heterocycles. The number of fused-ring (bicyclic) bond motifs is 1. The summed E-state index contributed by atoms with van der Waals surface area (Å²) >= 11 is 1.84. The molecular weight excluding hydrogens is 221 g/mol. The lowest BCUT2D eigenvalue weighted by atomic mass is 10.0. The Bertz CT molecular complexity index is 390. The second-order valence-electron chi connectivity index (χ2n) is 4.72. The van der Waals surface area contributed by atoms with Crippen molar-refractivity contribution in [1.82, 2.24) is 5.32 Å². The van der Waals surface area contributed by atoms with Crippen LogP contribution in [-0.2, 0) is 0 Å². The van der Waals surface area contributed by atoms with Gasteiger partial charge >= 0.3 is 0 Å². The third-order valence-corrected chi connectivity index (χ3v) is 4.48. The molecule has 0 radical (unpaired) electrons. The van der Waals surface area contributed by atoms with Gasteiger partial charge in [-0.3, -0.25) is 0 Å². The highest BCUT2D eigenvalue weighted by molar-refractivity contribution is 7.99. The Morgan fingerprint density at radius 3 is 3.00 bits per heavy atom. The first-order valence-corrected chi connectivity index (χ1v) is 6.97. The minimum Gasteiger partial charge on any atom is -0.310 e. The number of nitrogens with one attached hydrogen (secondary N) is 1. The average Bonchev–Trinajstić information content (AvgIpc) is 3.10. The first-order valence-electron chi connectivity index (χ1n) is 5.98. The maximum atomic E-state index is 13.2. The largest absolute Gasteiger partial charge is 0.310 e. The summed E-state index contributed by atoms with van der Waals surface area (Å²) in [6.07, 6.45) is 3.85. The molecule has 86 valence electrons. The summed E-state index contributed by atoms with van der Waals surface area (Å²) in [6, 6.07) is 5.55. The zero-order valence-corrected chi connectivity index (χ0v) is 10.0. The fourth-order valence-electron chi connectivity index (χ4n) is 2.21. The second-order valence-corrected chi connectivity index (χ2v) is 5.86. The highest BCUT2D eigenvalue weighted by Crippen LogP contribution is 2.37. The summed E-state index contributed by atoms with van der Waals surface area (Å²) in [4.78, 5) is 1.25. The van der Waals surface area contributed by atoms with Crippen molar-refractivity contribution in [2.45, 2.75) is 30.2 Å². The first-order chi connectivity index (χ1) is 7.83. The predicted octanol–water partition coefficient (Wildman–Crippen LogP) is 3.36. The molecule has 0 aromatic heterocycles. The fraction of sp³-hybridized carbons (Fsp3) is 0.538. The summed E-state index contributed by atoms with van der Waals surface area (Å²) < 4.78 is 13.2. The highest BCUT2D eigenvalue weighted by atomic mass is 32.2. The van der Waals surface area contributed by atoms with Gasteiger partial charge in [-0.1, -0.05) is 0 Å². The van der Waals surface area contributed by atoms with Gasteiger partial charge in [0.25, 0.3) is 0 Å². The van der Waals surface area contributed by atoms with E-state index in [1.165, 1.54) is 17.7 Å². The average molecular weight is 237 g/mol. The van der Waals surface area contributed by atoms with Crippen LogP contribution in [0.25, 0.3) is 0 Å². The predicted molar refractivity (Wildman–Crippen MR) is 65.2 cm³/mol. The molecule has 16 heavy (non-hydrogen) atoms. The van der Waals surface area contributed by atoms with Crippen molar-refractivity contribution in [2.75, 3.05) is 12.3 Å². The van der Waals surface area contributed by atoms with Crippen molar-refractivity contribution in [2.24, 2.45) is 5.92 Å². The third-order valence-electron chi connectivity index (χ3n) is 3.36. The van der Waals surface area contributed by atoms with Crippen molar-refractivity contribution < 1.29 is 4.39 Å². The van der Waals surface area contributed by atoms with E-state index in [9.17, 15) is 4.39 Å². The zero-order chi connectivity index (χ0) is 11.0. The number of thioether (sulfide) groups is 1. The molecule has 1 saturated carbocycles. The van der Waals surface area contributed by atoms with Gasteiger partial charge in [0.15, 0.2) is 0 Å². The SMILES string of the molecule is Fc1ccc2c(c1)C(NCC1CC1)CCS2. The van der Waals surface area contributed by atoms with Crippen LogP contribution in [0.3, 0.4) is 0 Å². The van der Waals surface area contributed by atoms with Gasteiger partial charge in [-0.25, -0.2) is 4.39 Å². The maximum Gasteiger partial charge on any atom is 0.123 e. The summed E-state index contributed by atoms with van der Waals surface area (Å²) in [6.45, 7) is 1.10. The number of hydrogen-bond donors (Lipinski definition) is 1. The van der Waals surface area contributed by atoms with Crippen molar-refractivity contribution >= 4 is 11.8 Å². The Hall–Kier alpha value is -0.540. The van der Waals surface area contributed by atoms with Crippen molar-refractivity contribution in [3.05, 3.63) is 29.6 Å². The molecule has 1 aromatic rings. The van der Waals surface area contributed by atoms with E-state index in [1.807, 2.05) is 17.8 Å². The van der Waals surface area contributed by atoms with Gasteiger partial charge in [0.1, 0.15) is 5.82 Å². The third kappa shape index (κ3) is 2.25. The monoisotopic (exact) mass is 237 g/mol. The molecule has 2 aliphatic rings. The summed E-state index contributed by atoms with van der Waals surface area (Å²) in [5.74, 6) is 1.91. The van der Waals surface area contributed by atoms with E-state index in [0.29, 0.717) is 6.04 Å². The van der Waals surface area contributed by atoms with Crippen LogP contribution < -0.4 is 5.32 Å². The van der Waals surface area contributed by atoms with Gasteiger partial charge in [-0.05, 0) is 61.2 Å². The minimum absolute atomic E-state index is 0.112. The van der Waals surface area contributed by atoms with Gasteiger partial charge < -0.3 is 5.32 Å². The van der Waals surface area contributed by atoms with Crippen LogP contribution in [0.15, 0.2) is 23.1 Å². The highest BCUT2D eigenvalue weighted by Gasteiger charge is 2.25. The van der Waals surface area contributed by atoms with Crippen LogP contribution >= 0.6 is 11.8 Å². The molecular formula is C13H16FNS. The summed E-state index contributed by atoms with van der Waals surface area (Å²) in [5, 5.41) is 3.59. The molecule has 1 atom stereocenters. The topological polar surface area (TPSA) is 12.0 Å². The van der Waals surface area contributed by atoms with Crippen LogP contribution in [-0.4, -0.2) is 12.3 Å². The minimum atomic E-state index is -0.112. The molecule has 1 fully saturated rings. The van der Waals surface area contributed by atoms with Gasteiger partial charge in [-0.15, -0.1) is 11.8 Å². The fourth-order valence-corrected chi connectivity index (χ4v) is 3.31. The molecule has 1 N–H and O–H groups in total. The lowest BCUT2D eigenvalue weighted by Crippen LogP contribution is -2.26. The van der Waals surface area contributed by atoms with Crippen molar-refractivity contribution in [3.63, 3.8) is 0 Å². The quantitative estimate of drug-likeness (QED) is 0.865. The lowest BCUT2D eigenvalue weighted by molar-refractivity contribution is 0.491. The second kappa shape index (κ2) is 4.38. The van der Waals surface area contributed by atoms with Crippen LogP contribution in [0.4, 0.5) is 4.39 Å². The molecule has 0 bridgehead atoms. The van der Waals surface area contributed by atoms with E-state index in [2.05, 4.69) is 5.32 Å². The van der Waals surface area contributed by atoms with Crippen LogP contribution in [0.2, 0.25) is 0 Å². The Morgan fingerprint density at radius 2 is 2.19 bits per heavy atom. The molecule has 0 amide bonds. The normalized spacial score (nSPS) is 24.2. The Balaban J connectivity index is 1.77. The van der Waals surface area contributed by atoms with E-state index < -0.39 is 0 Å². The number of halogens is 1. The molecule has 1 unspecified atom stereocenters. The standard InChI is InChI=1S/C13H16FNS/c14-10-3-4-13-11(7-10)12(5-6-16-13)15-8-9-1-2-9/h3-4,7,9,12,15H,1-2,5-6,8H2. The van der Waals surface area contributed by atoms with E-state index in [4.69, 9.17) is 0 Å². The molecule has 1 aliphatic heterocycles. The van der Waals surface area contributed by atoms with Gasteiger partial charge in [0, 0.05) is 10.9 Å². The number of hydrogen-bond acceptors (Lipinski definition) is 2. The molecule has 1 heterocycles. The van der Waals surface area contributed by atoms with Gasteiger partial charge in [0.05, 0.1) is 0 Å². The Labute approximate surface area is 99.8 Å². The van der Waals surface area contributed by atoms with E-state index in [0.717, 1.165) is 30.2 Å². The summed E-state index contributed by atoms with van der Waals surface area (Å²) in [5.41, 5.74) is 1.16. The van der Waals surface area contributed by atoms with Gasteiger partial charge in [0.2, 0.25) is 0 Å². The Morgan fingerprint density at radius 1 is 1.31 bits per heavy atom. The van der Waals surface area contributed by atoms with E-state index in [-0.39, 0.29) is 5.82 Å². The lowest BCUT2D eigenvalue weighted by Gasteiger charge is -2.26. The number of benzene rings is 1. The van der Waals surface area contributed by atoms with Gasteiger partial charge in [-0.2, -0.15) is 0 Å². The van der Waals surface area contributed by atoms with Crippen molar-refractivity contribution in [1.29, 1.82) is 0 Å². The van der Waals surface area contributed by atoms with E-state index >= 15 is 0 Å². The van der Waals surface area contributed by atoms with Crippen LogP contribution in [0, 0.1) is 11.7 Å². The zero-order valence-electron chi connectivity index (χ0n) is 9.21. The number of rotatable bonds is 3. The molecule has 1 aliphatic carbocycles. The Kier molecular flexibility index (Phi) is 2.90. The van der Waals surface area contributed by atoms with Crippen LogP contribution in [0.1, 0.15) is 30.9 Å². The molecule has 3 heteroatoms. The van der Waals surface area contributed by atoms with E-state index in [1.54, 1.807) is 12.1 Å². The smallest absolute Gasteiger partial charge is 0.123 e. The maximum absolute atomic E-state index is 13.2. The molecule has 1 nitrogen and oxygen atoms in total. The summed E-state index contributed by atoms with van der Waals surface area (Å²) in [7, 11) is 0. The van der Waals surface area contributed by atoms with Crippen molar-refractivity contribution in [3.8, 4) is 0 Å². The molecule has 0 spiro atoms. The molecule has 1 aromatic carbocycles.